The number of allylic oxidation sites excluding steroid dienone is 1. The Morgan fingerprint density at radius 3 is 2.48 bits per heavy atom. The molecule has 1 fully saturated rings. The minimum atomic E-state index is 0.277. The van der Waals surface area contributed by atoms with Gasteiger partial charge >= 0.3 is 0 Å². The standard InChI is InChI=1S/C26H32N6O/c1-7-18(4)31-8-10-32(11-9-31)26(29-15-33-6)21-12-17(3)23-20(24(21)28-5)14-19-16(2)13-22(27)30-25(19)23/h7,12-13H,1,4-5,8-11,14-15H2,2-3,6H3,(H2,27,30). The van der Waals surface area contributed by atoms with Gasteiger partial charge in [0.15, 0.2) is 0 Å². The molecule has 7 heteroatoms. The molecule has 0 atom stereocenters. The molecule has 1 aliphatic heterocycles. The zero-order valence-corrected chi connectivity index (χ0v) is 19.8. The number of piperazine rings is 1. The number of hydrogen-bond donors (Lipinski definition) is 1. The fraction of sp³-hybridized carbons (Fsp3) is 0.346. The van der Waals surface area contributed by atoms with E-state index in [2.05, 4.69) is 59.6 Å². The van der Waals surface area contributed by atoms with Crippen molar-refractivity contribution in [3.63, 3.8) is 0 Å². The van der Waals surface area contributed by atoms with E-state index in [0.29, 0.717) is 5.82 Å². The molecule has 0 amide bonds. The van der Waals surface area contributed by atoms with E-state index >= 15 is 0 Å². The maximum absolute atomic E-state index is 6.08. The molecule has 2 N–H and O–H groups in total. The molecule has 0 saturated carbocycles. The van der Waals surface area contributed by atoms with Gasteiger partial charge in [-0.05, 0) is 61.0 Å². The molecule has 2 heterocycles. The average Bonchev–Trinajstić information content (AvgIpc) is 3.19. The number of pyridine rings is 1. The van der Waals surface area contributed by atoms with Crippen molar-refractivity contribution in [1.29, 1.82) is 0 Å². The van der Waals surface area contributed by atoms with Crippen molar-refractivity contribution in [2.24, 2.45) is 9.98 Å². The fourth-order valence-corrected chi connectivity index (χ4v) is 4.88. The fourth-order valence-electron chi connectivity index (χ4n) is 4.88. The number of methoxy groups -OCH3 is 1. The van der Waals surface area contributed by atoms with Gasteiger partial charge in [0.1, 0.15) is 18.4 Å². The number of benzene rings is 1. The number of anilines is 1. The summed E-state index contributed by atoms with van der Waals surface area (Å²) in [6.07, 6.45) is 2.57. The molecule has 2 aromatic rings. The number of ether oxygens (including phenoxy) is 1. The number of hydrogen-bond acceptors (Lipinski definition) is 6. The molecule has 0 radical (unpaired) electrons. The topological polar surface area (TPSA) is 79.3 Å². The zero-order valence-electron chi connectivity index (χ0n) is 19.8. The summed E-state index contributed by atoms with van der Waals surface area (Å²) >= 11 is 0. The van der Waals surface area contributed by atoms with Crippen molar-refractivity contribution >= 4 is 24.1 Å². The number of amidine groups is 1. The Morgan fingerprint density at radius 2 is 1.85 bits per heavy atom. The summed E-state index contributed by atoms with van der Waals surface area (Å²) in [4.78, 5) is 18.5. The average molecular weight is 445 g/mol. The van der Waals surface area contributed by atoms with E-state index in [0.717, 1.165) is 83.3 Å². The van der Waals surface area contributed by atoms with Gasteiger partial charge in [-0.1, -0.05) is 13.2 Å². The highest BCUT2D eigenvalue weighted by Gasteiger charge is 2.31. The second-order valence-corrected chi connectivity index (χ2v) is 8.54. The predicted octanol–water partition coefficient (Wildman–Crippen LogP) is 3.85. The van der Waals surface area contributed by atoms with Crippen molar-refractivity contribution in [3.8, 4) is 11.3 Å². The van der Waals surface area contributed by atoms with E-state index in [1.807, 2.05) is 6.07 Å². The van der Waals surface area contributed by atoms with Crippen molar-refractivity contribution < 1.29 is 4.74 Å². The van der Waals surface area contributed by atoms with E-state index in [-0.39, 0.29) is 6.73 Å². The quantitative estimate of drug-likeness (QED) is 0.355. The summed E-state index contributed by atoms with van der Waals surface area (Å²) in [6, 6.07) is 4.09. The molecule has 1 aromatic carbocycles. The van der Waals surface area contributed by atoms with E-state index in [4.69, 9.17) is 15.5 Å². The van der Waals surface area contributed by atoms with Gasteiger partial charge in [-0.25, -0.2) is 9.98 Å². The van der Waals surface area contributed by atoms with Crippen molar-refractivity contribution in [2.45, 2.75) is 20.3 Å². The van der Waals surface area contributed by atoms with Crippen molar-refractivity contribution in [1.82, 2.24) is 14.8 Å². The first-order valence-electron chi connectivity index (χ1n) is 11.1. The molecule has 4 rings (SSSR count). The second kappa shape index (κ2) is 9.19. The maximum atomic E-state index is 6.08. The first kappa shape index (κ1) is 22.7. The first-order chi connectivity index (χ1) is 15.9. The van der Waals surface area contributed by atoms with Gasteiger partial charge < -0.3 is 20.3 Å². The third-order valence-electron chi connectivity index (χ3n) is 6.52. The number of rotatable bonds is 6. The summed E-state index contributed by atoms with van der Waals surface area (Å²) in [5, 5.41) is 0. The first-order valence-corrected chi connectivity index (χ1v) is 11.1. The van der Waals surface area contributed by atoms with Crippen LogP contribution in [0.1, 0.15) is 27.8 Å². The van der Waals surface area contributed by atoms with Crippen LogP contribution in [0.5, 0.6) is 0 Å². The highest BCUT2D eigenvalue weighted by atomic mass is 16.5. The molecular weight excluding hydrogens is 412 g/mol. The van der Waals surface area contributed by atoms with Crippen LogP contribution in [0, 0.1) is 13.8 Å². The molecule has 1 aliphatic carbocycles. The third kappa shape index (κ3) is 4.04. The number of aromatic nitrogens is 1. The number of nitrogens with two attached hydrogens (primary N) is 1. The van der Waals surface area contributed by atoms with Gasteiger partial charge in [0.25, 0.3) is 0 Å². The lowest BCUT2D eigenvalue weighted by Crippen LogP contribution is -2.48. The number of fused-ring (bicyclic) bond motifs is 3. The number of nitrogen functional groups attached to an aromatic ring is 1. The SMILES string of the molecule is C=CC(=C)N1CCN(C(=NCOC)c2cc(C)c3c(c2N=C)Cc2c(C)cc(N)nc2-3)CC1. The van der Waals surface area contributed by atoms with Crippen LogP contribution in [-0.2, 0) is 11.2 Å². The second-order valence-electron chi connectivity index (χ2n) is 8.54. The molecular formula is C26H32N6O. The van der Waals surface area contributed by atoms with Crippen LogP contribution in [0.15, 0.2) is 47.0 Å². The molecule has 172 valence electrons. The van der Waals surface area contributed by atoms with Crippen LogP contribution < -0.4 is 5.73 Å². The van der Waals surface area contributed by atoms with Crippen LogP contribution in [0.25, 0.3) is 11.3 Å². The Labute approximate surface area is 196 Å². The Balaban J connectivity index is 1.78. The largest absolute Gasteiger partial charge is 0.384 e. The molecule has 1 aromatic heterocycles. The number of aliphatic imine (C=N–C) groups is 2. The number of nitrogens with zero attached hydrogens (tertiary/aromatic N) is 5. The highest BCUT2D eigenvalue weighted by molar-refractivity contribution is 6.06. The minimum absolute atomic E-state index is 0.277. The molecule has 33 heavy (non-hydrogen) atoms. The summed E-state index contributed by atoms with van der Waals surface area (Å²) in [5.74, 6) is 1.42. The lowest BCUT2D eigenvalue weighted by molar-refractivity contribution is 0.201. The maximum Gasteiger partial charge on any atom is 0.139 e. The summed E-state index contributed by atoms with van der Waals surface area (Å²) in [7, 11) is 1.66. The summed E-state index contributed by atoms with van der Waals surface area (Å²) in [6.45, 7) is 19.7. The molecule has 2 aliphatic rings. The van der Waals surface area contributed by atoms with Gasteiger partial charge in [0.2, 0.25) is 0 Å². The molecule has 0 unspecified atom stereocenters. The lowest BCUT2D eigenvalue weighted by atomic mass is 9.96. The van der Waals surface area contributed by atoms with E-state index in [9.17, 15) is 0 Å². The van der Waals surface area contributed by atoms with Gasteiger partial charge in [0.05, 0.1) is 11.4 Å². The van der Waals surface area contributed by atoms with Gasteiger partial charge in [-0.3, -0.25) is 4.99 Å². The van der Waals surface area contributed by atoms with Crippen molar-refractivity contribution in [3.05, 3.63) is 64.9 Å². The van der Waals surface area contributed by atoms with Crippen LogP contribution >= 0.6 is 0 Å². The summed E-state index contributed by atoms with van der Waals surface area (Å²) in [5.41, 5.74) is 15.6. The van der Waals surface area contributed by atoms with Crippen molar-refractivity contribution in [2.75, 3.05) is 45.8 Å². The Morgan fingerprint density at radius 1 is 1.15 bits per heavy atom. The van der Waals surface area contributed by atoms with Crippen LogP contribution in [-0.4, -0.2) is 67.4 Å². The smallest absolute Gasteiger partial charge is 0.139 e. The van der Waals surface area contributed by atoms with Crippen LogP contribution in [0.3, 0.4) is 0 Å². The predicted molar refractivity (Wildman–Crippen MR) is 136 cm³/mol. The van der Waals surface area contributed by atoms with Crippen LogP contribution in [0.4, 0.5) is 11.5 Å². The van der Waals surface area contributed by atoms with E-state index in [1.54, 1.807) is 13.2 Å². The molecule has 1 saturated heterocycles. The molecule has 0 spiro atoms. The van der Waals surface area contributed by atoms with Gasteiger partial charge in [0, 0.05) is 56.5 Å². The zero-order chi connectivity index (χ0) is 23.7. The lowest BCUT2D eigenvalue weighted by Gasteiger charge is -2.38. The van der Waals surface area contributed by atoms with Gasteiger partial charge in [-0.2, -0.15) is 0 Å². The monoisotopic (exact) mass is 444 g/mol. The Hall–Kier alpha value is -3.45. The molecule has 0 bridgehead atoms. The highest BCUT2D eigenvalue weighted by Crippen LogP contribution is 2.45. The van der Waals surface area contributed by atoms with E-state index < -0.39 is 0 Å². The Kier molecular flexibility index (Phi) is 6.33. The third-order valence-corrected chi connectivity index (χ3v) is 6.52. The molecule has 7 nitrogen and oxygen atoms in total. The minimum Gasteiger partial charge on any atom is -0.384 e. The van der Waals surface area contributed by atoms with Crippen LogP contribution in [0.2, 0.25) is 0 Å². The van der Waals surface area contributed by atoms with E-state index in [1.165, 1.54) is 5.56 Å². The Bertz CT molecular complexity index is 1160. The normalized spacial score (nSPS) is 15.3. The van der Waals surface area contributed by atoms with Gasteiger partial charge in [-0.15, -0.1) is 0 Å². The summed E-state index contributed by atoms with van der Waals surface area (Å²) < 4.78 is 5.32. The number of aryl methyl sites for hydroxylation is 2.